The molecule has 17 heteroatoms. The van der Waals surface area contributed by atoms with Gasteiger partial charge in [-0.15, -0.1) is 0 Å². The van der Waals surface area contributed by atoms with Crippen LogP contribution in [0.4, 0.5) is 25.0 Å². The lowest BCUT2D eigenvalue weighted by molar-refractivity contribution is -0.137. The molecule has 0 spiro atoms. The highest BCUT2D eigenvalue weighted by molar-refractivity contribution is 5.99. The smallest absolute Gasteiger partial charge is 0.417 e. The van der Waals surface area contributed by atoms with Crippen molar-refractivity contribution in [3.63, 3.8) is 0 Å². The van der Waals surface area contributed by atoms with Crippen molar-refractivity contribution in [1.29, 1.82) is 0 Å². The number of pyridine rings is 3. The second-order valence-electron chi connectivity index (χ2n) is 16.8. The summed E-state index contributed by atoms with van der Waals surface area (Å²) in [5.41, 5.74) is 4.77. The van der Waals surface area contributed by atoms with Gasteiger partial charge in [0.2, 0.25) is 0 Å². The Labute approximate surface area is 373 Å². The molecule has 4 unspecified atom stereocenters. The zero-order valence-corrected chi connectivity index (χ0v) is 35.9. The van der Waals surface area contributed by atoms with Gasteiger partial charge in [0.15, 0.2) is 5.58 Å². The number of oxazole rings is 1. The van der Waals surface area contributed by atoms with Crippen molar-refractivity contribution < 1.29 is 27.2 Å². The van der Waals surface area contributed by atoms with E-state index in [1.807, 2.05) is 83.5 Å². The fourth-order valence-electron chi connectivity index (χ4n) is 9.17. The van der Waals surface area contributed by atoms with Crippen molar-refractivity contribution in [2.75, 3.05) is 36.8 Å². The summed E-state index contributed by atoms with van der Waals surface area (Å²) in [5, 5.41) is 15.2. The molecule has 2 aliphatic rings. The first-order chi connectivity index (χ1) is 31.5. The third-order valence-electron chi connectivity index (χ3n) is 12.5. The maximum absolute atomic E-state index is 14.7. The Bertz CT molecular complexity index is 2750. The van der Waals surface area contributed by atoms with E-state index in [-0.39, 0.29) is 41.4 Å². The Morgan fingerprint density at radius 1 is 0.800 bits per heavy atom. The van der Waals surface area contributed by atoms with Crippen LogP contribution in [0.2, 0.25) is 0 Å². The van der Waals surface area contributed by atoms with E-state index in [2.05, 4.69) is 37.7 Å². The van der Waals surface area contributed by atoms with Crippen LogP contribution in [0.25, 0.3) is 28.0 Å². The van der Waals surface area contributed by atoms with Crippen LogP contribution in [0.1, 0.15) is 70.3 Å². The van der Waals surface area contributed by atoms with E-state index in [9.17, 15) is 22.8 Å². The van der Waals surface area contributed by atoms with Gasteiger partial charge in [-0.05, 0) is 117 Å². The zero-order chi connectivity index (χ0) is 45.1. The van der Waals surface area contributed by atoms with Crippen molar-refractivity contribution in [2.24, 2.45) is 11.8 Å². The van der Waals surface area contributed by atoms with Crippen LogP contribution < -0.4 is 10.6 Å². The van der Waals surface area contributed by atoms with Crippen molar-refractivity contribution in [3.8, 4) is 16.9 Å². The van der Waals surface area contributed by atoms with E-state index >= 15 is 0 Å². The van der Waals surface area contributed by atoms with Gasteiger partial charge in [-0.25, -0.2) is 9.97 Å². The molecule has 0 bridgehead atoms. The number of aryl methyl sites for hydroxylation is 1. The first-order valence-electron chi connectivity index (χ1n) is 21.9. The monoisotopic (exact) mass is 883 g/mol. The summed E-state index contributed by atoms with van der Waals surface area (Å²) < 4.78 is 45.6. The molecule has 2 N–H and O–H groups in total. The predicted octanol–water partition coefficient (Wildman–Crippen LogP) is 8.52. The molecule has 2 fully saturated rings. The molecule has 9 rings (SSSR count). The molecule has 7 aromatic rings. The maximum atomic E-state index is 14.7. The molecule has 5 aromatic heterocycles. The fraction of sp³-hybridized carbons (Fsp3) is 0.333. The van der Waals surface area contributed by atoms with Crippen molar-refractivity contribution >= 4 is 34.7 Å². The Hall–Kier alpha value is -7.17. The van der Waals surface area contributed by atoms with Gasteiger partial charge in [-0.3, -0.25) is 14.6 Å². The first-order valence-corrected chi connectivity index (χ1v) is 21.9. The van der Waals surface area contributed by atoms with Crippen LogP contribution in [0, 0.1) is 18.8 Å². The highest BCUT2D eigenvalue weighted by atomic mass is 19.4. The summed E-state index contributed by atoms with van der Waals surface area (Å²) in [7, 11) is 0. The summed E-state index contributed by atoms with van der Waals surface area (Å²) in [6.07, 6.45) is 5.16. The van der Waals surface area contributed by atoms with Crippen LogP contribution in [-0.4, -0.2) is 94.8 Å². The third-order valence-corrected chi connectivity index (χ3v) is 12.5. The molecular formula is C48H48F3N11O3. The molecule has 334 valence electrons. The predicted molar refractivity (Wildman–Crippen MR) is 238 cm³/mol. The largest absolute Gasteiger partial charge is 0.424 e. The summed E-state index contributed by atoms with van der Waals surface area (Å²) in [6, 6.07) is 24.7. The van der Waals surface area contributed by atoms with Gasteiger partial charge in [0.05, 0.1) is 47.0 Å². The highest BCUT2D eigenvalue weighted by Crippen LogP contribution is 2.34. The molecule has 14 nitrogen and oxygen atoms in total. The minimum Gasteiger partial charge on any atom is -0.424 e. The number of para-hydroxylation sites is 3. The summed E-state index contributed by atoms with van der Waals surface area (Å²) in [5.74, 6) is 0.0328. The van der Waals surface area contributed by atoms with Crippen LogP contribution >= 0.6 is 0 Å². The first kappa shape index (κ1) is 43.1. The molecule has 7 heterocycles. The topological polar surface area (TPSA) is 160 Å². The second-order valence-corrected chi connectivity index (χ2v) is 16.8. The number of hydrogen-bond acceptors (Lipinski definition) is 11. The lowest BCUT2D eigenvalue weighted by Crippen LogP contribution is -2.52. The standard InChI is InChI=1S/C48H48F3N11O3/c1-30-9-7-23-60(40(30)28-54-43-18-16-34(27-53-43)48(49,50)51)46(64)44-35(17-15-31(2)58-44)38-26-32(19-20-52-38)25-33-10-8-24-61(41(33)29-55-47-59-37-12-4-6-14-42(37)65-47)45(63)36-11-3-5-13-39(36)62-56-21-22-57-62/h3-6,11-22,26-27,30,33,40-41H,7-10,23-25,28-29H2,1-2H3,(H,53,54)(H,55,59). The third kappa shape index (κ3) is 9.40. The van der Waals surface area contributed by atoms with Gasteiger partial charge >= 0.3 is 6.18 Å². The molecule has 2 aliphatic heterocycles. The summed E-state index contributed by atoms with van der Waals surface area (Å²) >= 11 is 0. The van der Waals surface area contributed by atoms with Crippen molar-refractivity contribution in [3.05, 3.63) is 138 Å². The highest BCUT2D eigenvalue weighted by Gasteiger charge is 2.37. The SMILES string of the molecule is Cc1ccc(-c2cc(CC3CCCN(C(=O)c4ccccc4-n4nccn4)C3CNc3nc4ccccc4o3)ccn2)c(C(=O)N2CCCC(C)C2CNc2ccc(C(F)(F)F)cn2)n1. The van der Waals surface area contributed by atoms with Crippen molar-refractivity contribution in [2.45, 2.75) is 64.2 Å². The Morgan fingerprint density at radius 3 is 2.34 bits per heavy atom. The quantitative estimate of drug-likeness (QED) is 0.121. The second kappa shape index (κ2) is 18.5. The number of nitrogens with one attached hydrogen (secondary N) is 2. The molecule has 0 radical (unpaired) electrons. The van der Waals surface area contributed by atoms with Crippen molar-refractivity contribution in [1.82, 2.24) is 44.7 Å². The van der Waals surface area contributed by atoms with Crippen LogP contribution in [-0.2, 0) is 12.6 Å². The molecular weight excluding hydrogens is 836 g/mol. The maximum Gasteiger partial charge on any atom is 0.417 e. The Kier molecular flexibility index (Phi) is 12.3. The molecule has 2 saturated heterocycles. The number of halogens is 3. The lowest BCUT2D eigenvalue weighted by Gasteiger charge is -2.42. The van der Waals surface area contributed by atoms with Crippen LogP contribution in [0.5, 0.6) is 0 Å². The number of carbonyl (C=O) groups excluding carboxylic acids is 2. The molecule has 2 amide bonds. The molecule has 0 aliphatic carbocycles. The van der Waals surface area contributed by atoms with E-state index in [0.29, 0.717) is 78.2 Å². The fourth-order valence-corrected chi connectivity index (χ4v) is 9.17. The number of aromatic nitrogens is 7. The summed E-state index contributed by atoms with van der Waals surface area (Å²) in [6.45, 7) is 5.64. The Balaban J connectivity index is 0.980. The van der Waals surface area contributed by atoms with Gasteiger partial charge in [-0.1, -0.05) is 31.2 Å². The number of hydrogen-bond donors (Lipinski definition) is 2. The summed E-state index contributed by atoms with van der Waals surface area (Å²) in [4.78, 5) is 52.8. The van der Waals surface area contributed by atoms with Crippen LogP contribution in [0.15, 0.2) is 114 Å². The number of likely N-dealkylation sites (tertiary alicyclic amines) is 2. The molecule has 4 atom stereocenters. The minimum atomic E-state index is -4.49. The number of piperidine rings is 2. The number of nitrogens with zero attached hydrogens (tertiary/aromatic N) is 9. The van der Waals surface area contributed by atoms with Gasteiger partial charge in [0.1, 0.15) is 17.0 Å². The minimum absolute atomic E-state index is 0.00863. The van der Waals surface area contributed by atoms with E-state index in [0.717, 1.165) is 49.0 Å². The number of benzene rings is 2. The van der Waals surface area contributed by atoms with E-state index in [4.69, 9.17) is 14.4 Å². The number of rotatable bonds is 12. The van der Waals surface area contributed by atoms with E-state index in [1.165, 1.54) is 10.9 Å². The molecule has 0 saturated carbocycles. The number of alkyl halides is 3. The molecule has 65 heavy (non-hydrogen) atoms. The van der Waals surface area contributed by atoms with E-state index < -0.39 is 11.7 Å². The lowest BCUT2D eigenvalue weighted by atomic mass is 9.83. The normalized spacial score (nSPS) is 19.0. The number of amides is 2. The zero-order valence-electron chi connectivity index (χ0n) is 35.9. The average molecular weight is 884 g/mol. The van der Waals surface area contributed by atoms with Crippen LogP contribution in [0.3, 0.4) is 0 Å². The number of anilines is 2. The van der Waals surface area contributed by atoms with Gasteiger partial charge < -0.3 is 24.9 Å². The molecule has 2 aromatic carbocycles. The number of fused-ring (bicyclic) bond motifs is 1. The number of carbonyl (C=O) groups is 2. The van der Waals surface area contributed by atoms with E-state index in [1.54, 1.807) is 24.7 Å². The Morgan fingerprint density at radius 2 is 1.55 bits per heavy atom. The average Bonchev–Trinajstić information content (AvgIpc) is 4.01. The van der Waals surface area contributed by atoms with Gasteiger partial charge in [0.25, 0.3) is 17.8 Å². The van der Waals surface area contributed by atoms with Gasteiger partial charge in [0, 0.05) is 49.8 Å². The van der Waals surface area contributed by atoms with Gasteiger partial charge in [-0.2, -0.15) is 33.1 Å².